The lowest BCUT2D eigenvalue weighted by molar-refractivity contribution is 0.331. The highest BCUT2D eigenvalue weighted by Crippen LogP contribution is 2.16. The molecule has 3 aromatic rings. The first kappa shape index (κ1) is 19.2. The molecule has 0 saturated carbocycles. The van der Waals surface area contributed by atoms with Gasteiger partial charge in [-0.25, -0.2) is 0 Å². The number of nitrogens with one attached hydrogen (secondary N) is 2. The first-order valence-corrected chi connectivity index (χ1v) is 8.77. The van der Waals surface area contributed by atoms with Crippen LogP contribution in [-0.2, 0) is 6.42 Å². The summed E-state index contributed by atoms with van der Waals surface area (Å²) in [5, 5.41) is 11.0. The van der Waals surface area contributed by atoms with E-state index in [9.17, 15) is 4.79 Å². The van der Waals surface area contributed by atoms with Crippen molar-refractivity contribution in [2.45, 2.75) is 6.42 Å². The third-order valence-electron chi connectivity index (χ3n) is 4.02. The molecule has 0 unspecified atom stereocenters. The van der Waals surface area contributed by atoms with Gasteiger partial charge in [-0.1, -0.05) is 12.1 Å². The van der Waals surface area contributed by atoms with E-state index >= 15 is 0 Å². The topological polar surface area (TPSA) is 98.4 Å². The van der Waals surface area contributed by atoms with Gasteiger partial charge >= 0.3 is 0 Å². The van der Waals surface area contributed by atoms with Crippen molar-refractivity contribution >= 4 is 5.95 Å². The SMILES string of the molecule is COc1ccc(Cc2nnc(NCCOc3ccc(OC)cc3)[nH]c2=O)cc1. The number of H-pyrrole nitrogens is 1. The van der Waals surface area contributed by atoms with Crippen LogP contribution in [0.3, 0.4) is 0 Å². The minimum absolute atomic E-state index is 0.274. The van der Waals surface area contributed by atoms with E-state index in [4.69, 9.17) is 14.2 Å². The maximum absolute atomic E-state index is 12.2. The quantitative estimate of drug-likeness (QED) is 0.548. The van der Waals surface area contributed by atoms with Gasteiger partial charge in [0.05, 0.1) is 20.8 Å². The summed E-state index contributed by atoms with van der Waals surface area (Å²) >= 11 is 0. The van der Waals surface area contributed by atoms with E-state index < -0.39 is 0 Å². The van der Waals surface area contributed by atoms with Gasteiger partial charge in [0.25, 0.3) is 5.56 Å². The molecule has 28 heavy (non-hydrogen) atoms. The smallest absolute Gasteiger partial charge is 0.274 e. The number of ether oxygens (including phenoxy) is 3. The summed E-state index contributed by atoms with van der Waals surface area (Å²) in [4.78, 5) is 14.9. The fourth-order valence-electron chi connectivity index (χ4n) is 2.50. The average Bonchev–Trinajstić information content (AvgIpc) is 2.74. The number of hydrogen-bond acceptors (Lipinski definition) is 7. The van der Waals surface area contributed by atoms with Crippen LogP contribution < -0.4 is 25.1 Å². The first-order valence-electron chi connectivity index (χ1n) is 8.77. The van der Waals surface area contributed by atoms with E-state index in [1.807, 2.05) is 48.5 Å². The van der Waals surface area contributed by atoms with E-state index in [0.29, 0.717) is 31.2 Å². The van der Waals surface area contributed by atoms with Crippen LogP contribution in [0.2, 0.25) is 0 Å². The summed E-state index contributed by atoms with van der Waals surface area (Å²) in [6, 6.07) is 14.8. The maximum atomic E-state index is 12.2. The highest BCUT2D eigenvalue weighted by molar-refractivity contribution is 5.32. The molecule has 0 aliphatic rings. The van der Waals surface area contributed by atoms with E-state index in [1.54, 1.807) is 14.2 Å². The third kappa shape index (κ3) is 5.23. The van der Waals surface area contributed by atoms with Crippen molar-refractivity contribution in [2.75, 3.05) is 32.7 Å². The Balaban J connectivity index is 1.49. The molecule has 8 nitrogen and oxygen atoms in total. The zero-order valence-corrected chi connectivity index (χ0v) is 15.8. The highest BCUT2D eigenvalue weighted by atomic mass is 16.5. The van der Waals surface area contributed by atoms with E-state index in [0.717, 1.165) is 22.8 Å². The molecule has 1 aromatic heterocycles. The van der Waals surface area contributed by atoms with Gasteiger partial charge in [0.2, 0.25) is 5.95 Å². The summed E-state index contributed by atoms with van der Waals surface area (Å²) in [7, 11) is 3.23. The fourth-order valence-corrected chi connectivity index (χ4v) is 2.50. The van der Waals surface area contributed by atoms with E-state index in [1.165, 1.54) is 0 Å². The molecule has 0 aliphatic carbocycles. The van der Waals surface area contributed by atoms with Gasteiger partial charge in [-0.2, -0.15) is 0 Å². The molecule has 2 N–H and O–H groups in total. The Morgan fingerprint density at radius 2 is 1.50 bits per heavy atom. The van der Waals surface area contributed by atoms with Crippen LogP contribution in [0.15, 0.2) is 53.3 Å². The van der Waals surface area contributed by atoms with Crippen molar-refractivity contribution in [1.29, 1.82) is 0 Å². The molecule has 0 bridgehead atoms. The molecular formula is C20H22N4O4. The van der Waals surface area contributed by atoms with Gasteiger partial charge in [0.15, 0.2) is 0 Å². The normalized spacial score (nSPS) is 10.4. The molecule has 0 fully saturated rings. The largest absolute Gasteiger partial charge is 0.497 e. The van der Waals surface area contributed by atoms with Gasteiger partial charge in [-0.15, -0.1) is 10.2 Å². The number of anilines is 1. The molecule has 0 aliphatic heterocycles. The number of nitrogens with zero attached hydrogens (tertiary/aromatic N) is 2. The van der Waals surface area contributed by atoms with Gasteiger partial charge in [-0.3, -0.25) is 9.78 Å². The van der Waals surface area contributed by atoms with Crippen LogP contribution in [0.25, 0.3) is 0 Å². The van der Waals surface area contributed by atoms with Gasteiger partial charge < -0.3 is 19.5 Å². The number of methoxy groups -OCH3 is 2. The van der Waals surface area contributed by atoms with Crippen molar-refractivity contribution in [3.63, 3.8) is 0 Å². The first-order chi connectivity index (χ1) is 13.7. The lowest BCUT2D eigenvalue weighted by atomic mass is 10.1. The molecule has 0 spiro atoms. The Morgan fingerprint density at radius 3 is 2.11 bits per heavy atom. The molecule has 146 valence electrons. The Bertz CT molecular complexity index is 940. The van der Waals surface area contributed by atoms with Crippen LogP contribution in [0.1, 0.15) is 11.3 Å². The van der Waals surface area contributed by atoms with Gasteiger partial charge in [-0.05, 0) is 42.0 Å². The number of hydrogen-bond donors (Lipinski definition) is 2. The Hall–Kier alpha value is -3.55. The van der Waals surface area contributed by atoms with Crippen LogP contribution in [0.5, 0.6) is 17.2 Å². The van der Waals surface area contributed by atoms with Crippen LogP contribution in [0, 0.1) is 0 Å². The monoisotopic (exact) mass is 382 g/mol. The van der Waals surface area contributed by atoms with Gasteiger partial charge in [0, 0.05) is 6.42 Å². The second-order valence-corrected chi connectivity index (χ2v) is 5.93. The highest BCUT2D eigenvalue weighted by Gasteiger charge is 2.06. The van der Waals surface area contributed by atoms with E-state index in [-0.39, 0.29) is 5.56 Å². The summed E-state index contributed by atoms with van der Waals surface area (Å²) < 4.78 is 15.8. The number of aromatic amines is 1. The summed E-state index contributed by atoms with van der Waals surface area (Å²) in [6.07, 6.45) is 0.396. The van der Waals surface area contributed by atoms with Crippen molar-refractivity contribution in [1.82, 2.24) is 15.2 Å². The van der Waals surface area contributed by atoms with Crippen LogP contribution in [-0.4, -0.2) is 42.6 Å². The number of rotatable bonds is 9. The number of benzene rings is 2. The summed E-state index contributed by atoms with van der Waals surface area (Å²) in [5.74, 6) is 2.58. The lowest BCUT2D eigenvalue weighted by Crippen LogP contribution is -2.21. The zero-order chi connectivity index (χ0) is 19.8. The van der Waals surface area contributed by atoms with Gasteiger partial charge in [0.1, 0.15) is 29.5 Å². The van der Waals surface area contributed by atoms with E-state index in [2.05, 4.69) is 20.5 Å². The Labute approximate surface area is 162 Å². The molecule has 1 heterocycles. The van der Waals surface area contributed by atoms with Crippen molar-refractivity contribution in [3.8, 4) is 17.2 Å². The van der Waals surface area contributed by atoms with Crippen molar-refractivity contribution < 1.29 is 14.2 Å². The second-order valence-electron chi connectivity index (χ2n) is 5.93. The molecule has 0 atom stereocenters. The number of aromatic nitrogens is 3. The Kier molecular flexibility index (Phi) is 6.46. The maximum Gasteiger partial charge on any atom is 0.274 e. The molecule has 8 heteroatoms. The van der Waals surface area contributed by atoms with Crippen molar-refractivity contribution in [2.24, 2.45) is 0 Å². The molecule has 0 radical (unpaired) electrons. The molecular weight excluding hydrogens is 360 g/mol. The average molecular weight is 382 g/mol. The minimum Gasteiger partial charge on any atom is -0.497 e. The zero-order valence-electron chi connectivity index (χ0n) is 15.8. The predicted molar refractivity (Wildman–Crippen MR) is 105 cm³/mol. The molecule has 3 rings (SSSR count). The minimum atomic E-state index is -0.274. The molecule has 0 saturated heterocycles. The lowest BCUT2D eigenvalue weighted by Gasteiger charge is -2.08. The van der Waals surface area contributed by atoms with Crippen LogP contribution in [0.4, 0.5) is 5.95 Å². The molecule has 0 amide bonds. The van der Waals surface area contributed by atoms with Crippen LogP contribution >= 0.6 is 0 Å². The summed E-state index contributed by atoms with van der Waals surface area (Å²) in [5.41, 5.74) is 1.03. The molecule has 2 aromatic carbocycles. The van der Waals surface area contributed by atoms with Crippen molar-refractivity contribution in [3.05, 3.63) is 70.1 Å². The summed E-state index contributed by atoms with van der Waals surface area (Å²) in [6.45, 7) is 0.873. The third-order valence-corrected chi connectivity index (χ3v) is 4.02. The standard InChI is InChI=1S/C20H22N4O4/c1-26-15-5-3-14(4-6-15)13-18-19(25)22-20(24-23-18)21-11-12-28-17-9-7-16(27-2)8-10-17/h3-10H,11-13H2,1-2H3,(H2,21,22,24,25). The predicted octanol–water partition coefficient (Wildman–Crippen LogP) is 2.26. The fraction of sp³-hybridized carbons (Fsp3) is 0.250. The Morgan fingerprint density at radius 1 is 0.893 bits per heavy atom. The second kappa shape index (κ2) is 9.40.